The fraction of sp³-hybridized carbons (Fsp3) is 0.375. The summed E-state index contributed by atoms with van der Waals surface area (Å²) in [6.45, 7) is 0.339. The Labute approximate surface area is 143 Å². The van der Waals surface area contributed by atoms with E-state index in [1.54, 1.807) is 18.2 Å². The van der Waals surface area contributed by atoms with Gasteiger partial charge >= 0.3 is 0 Å². The third-order valence-corrected chi connectivity index (χ3v) is 4.53. The minimum absolute atomic E-state index is 0.159. The standard InChI is InChI=1S/C16H16FN5OS/c17-13-5-2-1-4-12(13)15-20-21-16(22(15)11-6-7-11)24-10-14(23)19-9-3-8-18/h1-2,4-5,11H,3,6-7,9-10H2,(H,19,23). The van der Waals surface area contributed by atoms with Gasteiger partial charge in [0.1, 0.15) is 5.82 Å². The van der Waals surface area contributed by atoms with Gasteiger partial charge in [0.15, 0.2) is 11.0 Å². The summed E-state index contributed by atoms with van der Waals surface area (Å²) < 4.78 is 16.0. The average molecular weight is 345 g/mol. The number of nitrogens with zero attached hydrogens (tertiary/aromatic N) is 4. The number of nitriles is 1. The lowest BCUT2D eigenvalue weighted by Gasteiger charge is -2.09. The number of hydrogen-bond acceptors (Lipinski definition) is 5. The number of benzene rings is 1. The van der Waals surface area contributed by atoms with Crippen LogP contribution in [0.15, 0.2) is 29.4 Å². The van der Waals surface area contributed by atoms with Crippen molar-refractivity contribution in [3.05, 3.63) is 30.1 Å². The maximum Gasteiger partial charge on any atom is 0.230 e. The molecule has 1 aromatic heterocycles. The number of amides is 1. The molecule has 0 spiro atoms. The summed E-state index contributed by atoms with van der Waals surface area (Å²) in [6.07, 6.45) is 2.29. The van der Waals surface area contributed by atoms with Crippen molar-refractivity contribution in [2.75, 3.05) is 12.3 Å². The number of halogens is 1. The van der Waals surface area contributed by atoms with Gasteiger partial charge in [-0.1, -0.05) is 23.9 Å². The molecule has 6 nitrogen and oxygen atoms in total. The van der Waals surface area contributed by atoms with E-state index >= 15 is 0 Å². The van der Waals surface area contributed by atoms with E-state index in [0.717, 1.165) is 12.8 Å². The molecule has 0 saturated heterocycles. The zero-order valence-corrected chi connectivity index (χ0v) is 13.7. The molecule has 0 atom stereocenters. The van der Waals surface area contributed by atoms with Gasteiger partial charge in [0, 0.05) is 12.6 Å². The lowest BCUT2D eigenvalue weighted by molar-refractivity contribution is -0.118. The van der Waals surface area contributed by atoms with E-state index in [-0.39, 0.29) is 29.9 Å². The first-order valence-corrected chi connectivity index (χ1v) is 8.65. The topological polar surface area (TPSA) is 83.6 Å². The number of carbonyl (C=O) groups is 1. The van der Waals surface area contributed by atoms with E-state index in [0.29, 0.717) is 23.1 Å². The number of aromatic nitrogens is 3. The fourth-order valence-electron chi connectivity index (χ4n) is 2.30. The minimum Gasteiger partial charge on any atom is -0.354 e. The maximum atomic E-state index is 14.1. The van der Waals surface area contributed by atoms with E-state index in [1.165, 1.54) is 17.8 Å². The van der Waals surface area contributed by atoms with Crippen LogP contribution in [0.3, 0.4) is 0 Å². The van der Waals surface area contributed by atoms with Crippen LogP contribution in [0.25, 0.3) is 11.4 Å². The molecule has 1 aliphatic rings. The molecule has 24 heavy (non-hydrogen) atoms. The third-order valence-electron chi connectivity index (χ3n) is 3.58. The molecular weight excluding hydrogens is 329 g/mol. The van der Waals surface area contributed by atoms with Crippen LogP contribution in [0.2, 0.25) is 0 Å². The summed E-state index contributed by atoms with van der Waals surface area (Å²) >= 11 is 1.27. The molecule has 1 amide bonds. The van der Waals surface area contributed by atoms with Crippen molar-refractivity contribution in [3.8, 4) is 17.5 Å². The van der Waals surface area contributed by atoms with Crippen LogP contribution in [0.1, 0.15) is 25.3 Å². The van der Waals surface area contributed by atoms with E-state index in [9.17, 15) is 9.18 Å². The molecule has 2 aromatic rings. The van der Waals surface area contributed by atoms with Crippen molar-refractivity contribution in [2.45, 2.75) is 30.5 Å². The molecular formula is C16H16FN5OS. The number of nitrogens with one attached hydrogen (secondary N) is 1. The van der Waals surface area contributed by atoms with Crippen molar-refractivity contribution in [3.63, 3.8) is 0 Å². The van der Waals surface area contributed by atoms with Gasteiger partial charge in [-0.05, 0) is 25.0 Å². The van der Waals surface area contributed by atoms with Gasteiger partial charge in [-0.2, -0.15) is 5.26 Å². The first kappa shape index (κ1) is 16.5. The average Bonchev–Trinajstić information content (AvgIpc) is 3.33. The van der Waals surface area contributed by atoms with Crippen LogP contribution in [0.4, 0.5) is 4.39 Å². The molecule has 8 heteroatoms. The summed E-state index contributed by atoms with van der Waals surface area (Å²) in [5.74, 6) is 0.196. The monoisotopic (exact) mass is 345 g/mol. The maximum absolute atomic E-state index is 14.1. The number of thioether (sulfide) groups is 1. The highest BCUT2D eigenvalue weighted by atomic mass is 32.2. The van der Waals surface area contributed by atoms with Crippen LogP contribution < -0.4 is 5.32 Å². The number of hydrogen-bond donors (Lipinski definition) is 1. The van der Waals surface area contributed by atoms with E-state index in [2.05, 4.69) is 15.5 Å². The highest BCUT2D eigenvalue weighted by Crippen LogP contribution is 2.41. The van der Waals surface area contributed by atoms with Crippen LogP contribution in [0, 0.1) is 17.1 Å². The molecule has 0 bridgehead atoms. The van der Waals surface area contributed by atoms with Crippen molar-refractivity contribution >= 4 is 17.7 Å². The summed E-state index contributed by atoms with van der Waals surface area (Å²) in [7, 11) is 0. The molecule has 1 N–H and O–H groups in total. The minimum atomic E-state index is -0.336. The molecule has 1 fully saturated rings. The summed E-state index contributed by atoms with van der Waals surface area (Å²) in [6, 6.07) is 8.72. The van der Waals surface area contributed by atoms with Gasteiger partial charge in [-0.25, -0.2) is 4.39 Å². The number of carbonyl (C=O) groups excluding carboxylic acids is 1. The summed E-state index contributed by atoms with van der Waals surface area (Å²) in [5, 5.41) is 20.0. The summed E-state index contributed by atoms with van der Waals surface area (Å²) in [5.41, 5.74) is 0.419. The second-order valence-corrected chi connectivity index (χ2v) is 6.38. The van der Waals surface area contributed by atoms with Crippen molar-refractivity contribution in [1.29, 1.82) is 5.26 Å². The van der Waals surface area contributed by atoms with Crippen LogP contribution in [-0.2, 0) is 4.79 Å². The van der Waals surface area contributed by atoms with E-state index in [4.69, 9.17) is 5.26 Å². The highest BCUT2D eigenvalue weighted by Gasteiger charge is 2.31. The van der Waals surface area contributed by atoms with Gasteiger partial charge in [-0.3, -0.25) is 9.36 Å². The summed E-state index contributed by atoms with van der Waals surface area (Å²) in [4.78, 5) is 11.8. The predicted molar refractivity (Wildman–Crippen MR) is 87.7 cm³/mol. The molecule has 3 rings (SSSR count). The lowest BCUT2D eigenvalue weighted by Crippen LogP contribution is -2.26. The molecule has 0 aliphatic heterocycles. The fourth-order valence-corrected chi connectivity index (χ4v) is 3.14. The quantitative estimate of drug-likeness (QED) is 0.616. The smallest absolute Gasteiger partial charge is 0.230 e. The molecule has 1 heterocycles. The van der Waals surface area contributed by atoms with Gasteiger partial charge < -0.3 is 5.32 Å². The van der Waals surface area contributed by atoms with E-state index < -0.39 is 0 Å². The zero-order valence-electron chi connectivity index (χ0n) is 12.9. The Bertz CT molecular complexity index is 781. The van der Waals surface area contributed by atoms with Crippen LogP contribution >= 0.6 is 11.8 Å². The second kappa shape index (κ2) is 7.45. The Balaban J connectivity index is 1.74. The first-order chi connectivity index (χ1) is 11.7. The largest absolute Gasteiger partial charge is 0.354 e. The van der Waals surface area contributed by atoms with Crippen LogP contribution in [-0.4, -0.2) is 33.0 Å². The molecule has 0 unspecified atom stereocenters. The van der Waals surface area contributed by atoms with Crippen molar-refractivity contribution < 1.29 is 9.18 Å². The molecule has 0 radical (unpaired) electrons. The van der Waals surface area contributed by atoms with Gasteiger partial charge in [0.25, 0.3) is 0 Å². The Morgan fingerprint density at radius 3 is 2.92 bits per heavy atom. The Hall–Kier alpha value is -2.40. The SMILES string of the molecule is N#CCCNC(=O)CSc1nnc(-c2ccccc2F)n1C1CC1. The Morgan fingerprint density at radius 2 is 2.21 bits per heavy atom. The molecule has 1 aromatic carbocycles. The second-order valence-electron chi connectivity index (χ2n) is 5.43. The third kappa shape index (κ3) is 3.74. The molecule has 124 valence electrons. The van der Waals surface area contributed by atoms with Gasteiger partial charge in [0.2, 0.25) is 5.91 Å². The Kier molecular flexibility index (Phi) is 5.11. The highest BCUT2D eigenvalue weighted by molar-refractivity contribution is 7.99. The Morgan fingerprint density at radius 1 is 1.42 bits per heavy atom. The molecule has 1 aliphatic carbocycles. The normalized spacial score (nSPS) is 13.5. The van der Waals surface area contributed by atoms with Gasteiger partial charge in [0.05, 0.1) is 23.8 Å². The van der Waals surface area contributed by atoms with Gasteiger partial charge in [-0.15, -0.1) is 10.2 Å². The molecule has 1 saturated carbocycles. The lowest BCUT2D eigenvalue weighted by atomic mass is 10.2. The van der Waals surface area contributed by atoms with E-state index in [1.807, 2.05) is 10.6 Å². The zero-order chi connectivity index (χ0) is 16.9. The first-order valence-electron chi connectivity index (χ1n) is 7.67. The van der Waals surface area contributed by atoms with Crippen molar-refractivity contribution in [2.24, 2.45) is 0 Å². The van der Waals surface area contributed by atoms with Crippen LogP contribution in [0.5, 0.6) is 0 Å². The predicted octanol–water partition coefficient (Wildman–Crippen LogP) is 2.54. The van der Waals surface area contributed by atoms with Crippen molar-refractivity contribution in [1.82, 2.24) is 20.1 Å². The number of rotatable bonds is 7.